The van der Waals surface area contributed by atoms with Crippen LogP contribution < -0.4 is 0 Å². The summed E-state index contributed by atoms with van der Waals surface area (Å²) in [5, 5.41) is 10.6. The molecule has 0 saturated heterocycles. The Hall–Kier alpha value is -0.410. The normalized spacial score (nSPS) is 38.7. The first-order valence-electron chi connectivity index (χ1n) is 8.16. The van der Waals surface area contributed by atoms with Crippen molar-refractivity contribution in [2.45, 2.75) is 51.0 Å². The Labute approximate surface area is 134 Å². The molecule has 0 heterocycles. The van der Waals surface area contributed by atoms with E-state index in [1.165, 1.54) is 44.6 Å². The summed E-state index contributed by atoms with van der Waals surface area (Å²) in [6.07, 6.45) is 8.05. The summed E-state index contributed by atoms with van der Waals surface area (Å²) in [5.74, 6) is 2.33. The number of benzene rings is 1. The van der Waals surface area contributed by atoms with Crippen LogP contribution in [0.3, 0.4) is 0 Å². The highest BCUT2D eigenvalue weighted by molar-refractivity contribution is 9.10. The standard InChI is InChI=1S/C18H22BrFO/c19-14-1-2-16(20)15(6-14)17(21)10-18-7-11-3-12(8-18)5-13(4-11)9-18/h1-2,6,11-13,17,21H,3-5,7-10H2. The van der Waals surface area contributed by atoms with Crippen molar-refractivity contribution in [3.05, 3.63) is 34.1 Å². The first kappa shape index (κ1) is 14.2. The van der Waals surface area contributed by atoms with Crippen LogP contribution in [0, 0.1) is 29.0 Å². The maximum absolute atomic E-state index is 14.0. The van der Waals surface area contributed by atoms with E-state index < -0.39 is 6.10 Å². The van der Waals surface area contributed by atoms with Gasteiger partial charge in [0.2, 0.25) is 0 Å². The molecule has 1 aromatic rings. The fourth-order valence-corrected chi connectivity index (χ4v) is 6.21. The first-order chi connectivity index (χ1) is 10.0. The second-order valence-corrected chi connectivity index (χ2v) is 8.72. The zero-order valence-corrected chi connectivity index (χ0v) is 13.8. The topological polar surface area (TPSA) is 20.2 Å². The summed E-state index contributed by atoms with van der Waals surface area (Å²) in [4.78, 5) is 0. The third-order valence-corrected chi connectivity index (χ3v) is 6.60. The smallest absolute Gasteiger partial charge is 0.129 e. The highest BCUT2D eigenvalue weighted by Crippen LogP contribution is 2.62. The molecule has 1 nitrogen and oxygen atoms in total. The second kappa shape index (κ2) is 5.06. The fraction of sp³-hybridized carbons (Fsp3) is 0.667. The molecule has 21 heavy (non-hydrogen) atoms. The van der Waals surface area contributed by atoms with Crippen LogP contribution in [0.2, 0.25) is 0 Å². The van der Waals surface area contributed by atoms with Gasteiger partial charge in [-0.3, -0.25) is 0 Å². The Kier molecular flexibility index (Phi) is 3.42. The summed E-state index contributed by atoms with van der Waals surface area (Å²) in [6.45, 7) is 0. The number of hydrogen-bond donors (Lipinski definition) is 1. The van der Waals surface area contributed by atoms with Crippen LogP contribution in [0.25, 0.3) is 0 Å². The van der Waals surface area contributed by atoms with Gasteiger partial charge in [-0.15, -0.1) is 0 Å². The SMILES string of the molecule is OC(CC12CC3CC(CC(C3)C1)C2)c1cc(Br)ccc1F. The van der Waals surface area contributed by atoms with Gasteiger partial charge < -0.3 is 5.11 Å². The number of aliphatic hydroxyl groups is 1. The summed E-state index contributed by atoms with van der Waals surface area (Å²) >= 11 is 3.38. The Morgan fingerprint density at radius 3 is 2.29 bits per heavy atom. The minimum atomic E-state index is -0.668. The van der Waals surface area contributed by atoms with E-state index in [1.54, 1.807) is 12.1 Å². The Balaban J connectivity index is 1.56. The van der Waals surface area contributed by atoms with E-state index in [0.717, 1.165) is 28.6 Å². The van der Waals surface area contributed by atoms with Crippen LogP contribution in [0.1, 0.15) is 56.6 Å². The molecule has 5 rings (SSSR count). The second-order valence-electron chi connectivity index (χ2n) is 7.80. The van der Waals surface area contributed by atoms with Crippen molar-refractivity contribution < 1.29 is 9.50 Å². The third-order valence-electron chi connectivity index (χ3n) is 6.11. The minimum Gasteiger partial charge on any atom is -0.388 e. The molecule has 0 radical (unpaired) electrons. The lowest BCUT2D eigenvalue weighted by molar-refractivity contribution is -0.0767. The molecule has 114 valence electrons. The molecule has 4 fully saturated rings. The number of halogens is 2. The zero-order chi connectivity index (χ0) is 14.6. The van der Waals surface area contributed by atoms with Crippen LogP contribution in [-0.4, -0.2) is 5.11 Å². The third kappa shape index (κ3) is 2.57. The predicted octanol–water partition coefficient (Wildman–Crippen LogP) is 5.23. The summed E-state index contributed by atoms with van der Waals surface area (Å²) < 4.78 is 14.8. The van der Waals surface area contributed by atoms with Crippen LogP contribution in [0.5, 0.6) is 0 Å². The average Bonchev–Trinajstić information content (AvgIpc) is 2.39. The van der Waals surface area contributed by atoms with Crippen LogP contribution in [-0.2, 0) is 0 Å². The van der Waals surface area contributed by atoms with E-state index in [4.69, 9.17) is 0 Å². The molecule has 4 aliphatic carbocycles. The molecule has 1 atom stereocenters. The van der Waals surface area contributed by atoms with Gasteiger partial charge in [0.15, 0.2) is 0 Å². The Bertz CT molecular complexity index is 521. The van der Waals surface area contributed by atoms with Crippen molar-refractivity contribution >= 4 is 15.9 Å². The highest BCUT2D eigenvalue weighted by atomic mass is 79.9. The molecule has 4 bridgehead atoms. The van der Waals surface area contributed by atoms with E-state index >= 15 is 0 Å². The maximum Gasteiger partial charge on any atom is 0.129 e. The van der Waals surface area contributed by atoms with Crippen molar-refractivity contribution in [2.75, 3.05) is 0 Å². The average molecular weight is 353 g/mol. The molecular weight excluding hydrogens is 331 g/mol. The minimum absolute atomic E-state index is 0.281. The fourth-order valence-electron chi connectivity index (χ4n) is 5.83. The predicted molar refractivity (Wildman–Crippen MR) is 84.3 cm³/mol. The van der Waals surface area contributed by atoms with Gasteiger partial charge in [-0.1, -0.05) is 15.9 Å². The quantitative estimate of drug-likeness (QED) is 0.789. The van der Waals surface area contributed by atoms with Crippen molar-refractivity contribution in [3.63, 3.8) is 0 Å². The van der Waals surface area contributed by atoms with Gasteiger partial charge in [0.05, 0.1) is 6.10 Å². The van der Waals surface area contributed by atoms with E-state index in [0.29, 0.717) is 5.56 Å². The molecule has 0 spiro atoms. The summed E-state index contributed by atoms with van der Waals surface area (Å²) in [6, 6.07) is 4.87. The molecule has 0 aliphatic heterocycles. The van der Waals surface area contributed by atoms with E-state index in [9.17, 15) is 9.50 Å². The molecule has 1 N–H and O–H groups in total. The molecule has 4 saturated carbocycles. The van der Waals surface area contributed by atoms with Gasteiger partial charge in [0.25, 0.3) is 0 Å². The molecule has 1 aromatic carbocycles. The van der Waals surface area contributed by atoms with Crippen LogP contribution in [0.4, 0.5) is 4.39 Å². The molecule has 1 unspecified atom stereocenters. The van der Waals surface area contributed by atoms with Gasteiger partial charge in [0, 0.05) is 10.0 Å². The lowest BCUT2D eigenvalue weighted by atomic mass is 9.48. The lowest BCUT2D eigenvalue weighted by Gasteiger charge is -2.57. The van der Waals surface area contributed by atoms with E-state index in [2.05, 4.69) is 15.9 Å². The Morgan fingerprint density at radius 1 is 1.14 bits per heavy atom. The van der Waals surface area contributed by atoms with Gasteiger partial charge in [0.1, 0.15) is 5.82 Å². The molecule has 3 heteroatoms. The van der Waals surface area contributed by atoms with Crippen LogP contribution >= 0.6 is 15.9 Å². The van der Waals surface area contributed by atoms with Gasteiger partial charge >= 0.3 is 0 Å². The van der Waals surface area contributed by atoms with Crippen molar-refractivity contribution in [2.24, 2.45) is 23.2 Å². The monoisotopic (exact) mass is 352 g/mol. The van der Waals surface area contributed by atoms with E-state index in [1.807, 2.05) is 0 Å². The van der Waals surface area contributed by atoms with Crippen molar-refractivity contribution in [1.82, 2.24) is 0 Å². The lowest BCUT2D eigenvalue weighted by Crippen LogP contribution is -2.46. The summed E-state index contributed by atoms with van der Waals surface area (Å²) in [5.41, 5.74) is 0.739. The van der Waals surface area contributed by atoms with Crippen molar-refractivity contribution in [3.8, 4) is 0 Å². The van der Waals surface area contributed by atoms with Crippen molar-refractivity contribution in [1.29, 1.82) is 0 Å². The molecule has 4 aliphatic rings. The number of hydrogen-bond acceptors (Lipinski definition) is 1. The highest BCUT2D eigenvalue weighted by Gasteiger charge is 2.51. The Morgan fingerprint density at radius 2 is 1.71 bits per heavy atom. The van der Waals surface area contributed by atoms with E-state index in [-0.39, 0.29) is 11.2 Å². The zero-order valence-electron chi connectivity index (χ0n) is 12.2. The number of rotatable bonds is 3. The summed E-state index contributed by atoms with van der Waals surface area (Å²) in [7, 11) is 0. The molecule has 0 aromatic heterocycles. The van der Waals surface area contributed by atoms with Gasteiger partial charge in [-0.25, -0.2) is 4.39 Å². The largest absolute Gasteiger partial charge is 0.388 e. The number of aliphatic hydroxyl groups excluding tert-OH is 1. The maximum atomic E-state index is 14.0. The molecular formula is C18H22BrFO. The van der Waals surface area contributed by atoms with Gasteiger partial charge in [-0.05, 0) is 86.3 Å². The van der Waals surface area contributed by atoms with Gasteiger partial charge in [-0.2, -0.15) is 0 Å². The molecule has 0 amide bonds. The van der Waals surface area contributed by atoms with Crippen LogP contribution in [0.15, 0.2) is 22.7 Å². The first-order valence-corrected chi connectivity index (χ1v) is 8.95.